The van der Waals surface area contributed by atoms with Crippen molar-refractivity contribution in [3.05, 3.63) is 33.9 Å². The number of rotatable bonds is 3. The number of anilines is 1. The summed E-state index contributed by atoms with van der Waals surface area (Å²) >= 11 is 0. The first-order chi connectivity index (χ1) is 7.84. The van der Waals surface area contributed by atoms with Crippen LogP contribution in [0.25, 0.3) is 0 Å². The molecule has 1 aromatic rings. The molecular formula is C11H15N3O3. The van der Waals surface area contributed by atoms with Crippen LogP contribution in [0.15, 0.2) is 18.2 Å². The summed E-state index contributed by atoms with van der Waals surface area (Å²) < 4.78 is 0. The minimum Gasteiger partial charge on any atom is -0.393 e. The molecule has 0 heterocycles. The molecule has 1 amide bonds. The van der Waals surface area contributed by atoms with Crippen LogP contribution in [-0.4, -0.2) is 28.8 Å². The van der Waals surface area contributed by atoms with E-state index in [-0.39, 0.29) is 28.9 Å². The predicted molar refractivity (Wildman–Crippen MR) is 64.7 cm³/mol. The van der Waals surface area contributed by atoms with Gasteiger partial charge in [-0.15, -0.1) is 0 Å². The third-order valence-electron chi connectivity index (χ3n) is 2.57. The molecule has 92 valence electrons. The Morgan fingerprint density at radius 1 is 1.47 bits per heavy atom. The summed E-state index contributed by atoms with van der Waals surface area (Å²) in [6, 6.07) is 4.10. The molecule has 0 spiro atoms. The van der Waals surface area contributed by atoms with Gasteiger partial charge in [-0.1, -0.05) is 0 Å². The van der Waals surface area contributed by atoms with Crippen LogP contribution >= 0.6 is 0 Å². The maximum absolute atomic E-state index is 11.9. The lowest BCUT2D eigenvalue weighted by Crippen LogP contribution is -2.33. The molecular weight excluding hydrogens is 222 g/mol. The number of carbonyl (C=O) groups is 1. The number of hydrogen-bond acceptors (Lipinski definition) is 4. The van der Waals surface area contributed by atoms with Gasteiger partial charge in [-0.2, -0.15) is 0 Å². The topological polar surface area (TPSA) is 89.5 Å². The lowest BCUT2D eigenvalue weighted by molar-refractivity contribution is -0.383. The minimum atomic E-state index is -0.596. The van der Waals surface area contributed by atoms with E-state index in [0.717, 1.165) is 0 Å². The van der Waals surface area contributed by atoms with Gasteiger partial charge in [0.25, 0.3) is 11.6 Å². The third-order valence-corrected chi connectivity index (χ3v) is 2.57. The zero-order valence-corrected chi connectivity index (χ0v) is 10.0. The highest BCUT2D eigenvalue weighted by atomic mass is 16.6. The van der Waals surface area contributed by atoms with Crippen LogP contribution in [0.3, 0.4) is 0 Å². The van der Waals surface area contributed by atoms with E-state index in [1.807, 2.05) is 13.8 Å². The molecule has 0 aliphatic carbocycles. The number of nitrogens with zero attached hydrogens (tertiary/aromatic N) is 2. The van der Waals surface area contributed by atoms with Crippen molar-refractivity contribution in [2.75, 3.05) is 12.8 Å². The zero-order chi connectivity index (χ0) is 13.2. The first kappa shape index (κ1) is 13.0. The second-order valence-electron chi connectivity index (χ2n) is 4.04. The molecule has 17 heavy (non-hydrogen) atoms. The van der Waals surface area contributed by atoms with Gasteiger partial charge in [0.05, 0.1) is 4.92 Å². The molecule has 6 heteroatoms. The number of nitro groups is 1. The summed E-state index contributed by atoms with van der Waals surface area (Å²) in [5, 5.41) is 10.7. The van der Waals surface area contributed by atoms with Gasteiger partial charge in [0, 0.05) is 24.7 Å². The average Bonchev–Trinajstić information content (AvgIpc) is 2.27. The molecule has 1 aromatic carbocycles. The lowest BCUT2D eigenvalue weighted by Gasteiger charge is -2.21. The summed E-state index contributed by atoms with van der Waals surface area (Å²) in [5.41, 5.74) is 5.54. The SMILES string of the molecule is CC(C)N(C)C(=O)c1ccc(N)c([N+](=O)[O-])c1. The second-order valence-corrected chi connectivity index (χ2v) is 4.04. The quantitative estimate of drug-likeness (QED) is 0.491. The molecule has 0 aromatic heterocycles. The fourth-order valence-electron chi connectivity index (χ4n) is 1.27. The van der Waals surface area contributed by atoms with Crippen molar-refractivity contribution in [2.45, 2.75) is 19.9 Å². The van der Waals surface area contributed by atoms with Gasteiger partial charge in [0.2, 0.25) is 0 Å². The number of hydrogen-bond donors (Lipinski definition) is 1. The lowest BCUT2D eigenvalue weighted by atomic mass is 10.1. The van der Waals surface area contributed by atoms with E-state index in [1.165, 1.54) is 23.1 Å². The van der Waals surface area contributed by atoms with Crippen molar-refractivity contribution < 1.29 is 9.72 Å². The number of nitrogens with two attached hydrogens (primary N) is 1. The Bertz CT molecular complexity index is 457. The first-order valence-electron chi connectivity index (χ1n) is 5.15. The van der Waals surface area contributed by atoms with Crippen molar-refractivity contribution in [3.8, 4) is 0 Å². The summed E-state index contributed by atoms with van der Waals surface area (Å²) in [6.07, 6.45) is 0. The fraction of sp³-hybridized carbons (Fsp3) is 0.364. The van der Waals surface area contributed by atoms with Gasteiger partial charge >= 0.3 is 0 Å². The van der Waals surface area contributed by atoms with Gasteiger partial charge < -0.3 is 10.6 Å². The second kappa shape index (κ2) is 4.82. The highest BCUT2D eigenvalue weighted by Crippen LogP contribution is 2.23. The monoisotopic (exact) mass is 237 g/mol. The Labute approximate surface area is 99.2 Å². The third kappa shape index (κ3) is 2.72. The predicted octanol–water partition coefficient (Wildman–Crippen LogP) is 1.66. The molecule has 0 bridgehead atoms. The minimum absolute atomic E-state index is 0.0270. The Kier molecular flexibility index (Phi) is 3.67. The smallest absolute Gasteiger partial charge is 0.292 e. The molecule has 2 N–H and O–H groups in total. The molecule has 0 atom stereocenters. The standard InChI is InChI=1S/C11H15N3O3/c1-7(2)13(3)11(15)8-4-5-9(12)10(6-8)14(16)17/h4-7H,12H2,1-3H3. The average molecular weight is 237 g/mol. The summed E-state index contributed by atoms with van der Waals surface area (Å²) in [4.78, 5) is 23.5. The molecule has 0 aliphatic rings. The molecule has 0 saturated carbocycles. The van der Waals surface area contributed by atoms with E-state index in [9.17, 15) is 14.9 Å². The van der Waals surface area contributed by atoms with Gasteiger partial charge in [-0.3, -0.25) is 14.9 Å². The van der Waals surface area contributed by atoms with Gasteiger partial charge in [-0.05, 0) is 26.0 Å². The highest BCUT2D eigenvalue weighted by Gasteiger charge is 2.19. The number of nitrogen functional groups attached to an aromatic ring is 1. The maximum atomic E-state index is 11.9. The Morgan fingerprint density at radius 3 is 2.53 bits per heavy atom. The molecule has 0 radical (unpaired) electrons. The number of benzene rings is 1. The number of nitro benzene ring substituents is 1. The zero-order valence-electron chi connectivity index (χ0n) is 10.0. The van der Waals surface area contributed by atoms with E-state index < -0.39 is 4.92 Å². The molecule has 0 fully saturated rings. The Hall–Kier alpha value is -2.11. The van der Waals surface area contributed by atoms with E-state index in [0.29, 0.717) is 0 Å². The first-order valence-corrected chi connectivity index (χ1v) is 5.15. The van der Waals surface area contributed by atoms with Crippen molar-refractivity contribution in [1.29, 1.82) is 0 Å². The molecule has 0 saturated heterocycles. The molecule has 1 rings (SSSR count). The van der Waals surface area contributed by atoms with Crippen LogP contribution < -0.4 is 5.73 Å². The summed E-state index contributed by atoms with van der Waals surface area (Å²) in [5.74, 6) is -0.261. The van der Waals surface area contributed by atoms with Crippen LogP contribution in [-0.2, 0) is 0 Å². The molecule has 0 aliphatic heterocycles. The largest absolute Gasteiger partial charge is 0.393 e. The number of amides is 1. The van der Waals surface area contributed by atoms with Crippen molar-refractivity contribution in [2.24, 2.45) is 0 Å². The van der Waals surface area contributed by atoms with Crippen LogP contribution in [0.4, 0.5) is 11.4 Å². The van der Waals surface area contributed by atoms with Crippen molar-refractivity contribution in [3.63, 3.8) is 0 Å². The normalized spacial score (nSPS) is 10.4. The Morgan fingerprint density at radius 2 is 2.06 bits per heavy atom. The van der Waals surface area contributed by atoms with Crippen molar-refractivity contribution in [1.82, 2.24) is 4.90 Å². The van der Waals surface area contributed by atoms with E-state index in [4.69, 9.17) is 5.73 Å². The van der Waals surface area contributed by atoms with Crippen LogP contribution in [0.5, 0.6) is 0 Å². The van der Waals surface area contributed by atoms with Gasteiger partial charge in [0.15, 0.2) is 0 Å². The van der Waals surface area contributed by atoms with Crippen LogP contribution in [0, 0.1) is 10.1 Å². The van der Waals surface area contributed by atoms with Crippen LogP contribution in [0.1, 0.15) is 24.2 Å². The van der Waals surface area contributed by atoms with Crippen LogP contribution in [0.2, 0.25) is 0 Å². The van der Waals surface area contributed by atoms with Crippen molar-refractivity contribution >= 4 is 17.3 Å². The van der Waals surface area contributed by atoms with E-state index >= 15 is 0 Å². The Balaban J connectivity index is 3.12. The number of carbonyl (C=O) groups excluding carboxylic acids is 1. The highest BCUT2D eigenvalue weighted by molar-refractivity contribution is 5.95. The molecule has 6 nitrogen and oxygen atoms in total. The van der Waals surface area contributed by atoms with Gasteiger partial charge in [0.1, 0.15) is 5.69 Å². The fourth-order valence-corrected chi connectivity index (χ4v) is 1.27. The summed E-state index contributed by atoms with van der Waals surface area (Å²) in [7, 11) is 1.65. The molecule has 0 unspecified atom stereocenters. The van der Waals surface area contributed by atoms with E-state index in [2.05, 4.69) is 0 Å². The maximum Gasteiger partial charge on any atom is 0.292 e. The van der Waals surface area contributed by atoms with Gasteiger partial charge in [-0.25, -0.2) is 0 Å². The summed E-state index contributed by atoms with van der Waals surface area (Å²) in [6.45, 7) is 3.73. The van der Waals surface area contributed by atoms with E-state index in [1.54, 1.807) is 7.05 Å².